The molecule has 2 aromatic rings. The number of aromatic amines is 1. The number of nitrogens with zero attached hydrogens (tertiary/aromatic N) is 1. The normalized spacial score (nSPS) is 13.4. The van der Waals surface area contributed by atoms with Crippen molar-refractivity contribution in [3.63, 3.8) is 0 Å². The van der Waals surface area contributed by atoms with Gasteiger partial charge in [0, 0.05) is 17.7 Å². The van der Waals surface area contributed by atoms with Gasteiger partial charge >= 0.3 is 0 Å². The first-order chi connectivity index (χ1) is 8.90. The molecule has 0 aliphatic heterocycles. The molecule has 0 radical (unpaired) electrons. The molecule has 1 unspecified atom stereocenters. The van der Waals surface area contributed by atoms with Gasteiger partial charge in [-0.3, -0.25) is 5.10 Å². The third-order valence-corrected chi connectivity index (χ3v) is 4.00. The van der Waals surface area contributed by atoms with Crippen LogP contribution in [0.25, 0.3) is 0 Å². The van der Waals surface area contributed by atoms with Crippen LogP contribution in [0.15, 0.2) is 35.5 Å². The Balaban J connectivity index is 2.24. The van der Waals surface area contributed by atoms with Gasteiger partial charge in [0.05, 0.1) is 6.20 Å². The van der Waals surface area contributed by atoms with Gasteiger partial charge in [0.15, 0.2) is 5.03 Å². The van der Waals surface area contributed by atoms with Crippen LogP contribution in [-0.2, 0) is 10.0 Å². The highest BCUT2D eigenvalue weighted by Crippen LogP contribution is 2.19. The minimum absolute atomic E-state index is 0.0597. The van der Waals surface area contributed by atoms with Crippen molar-refractivity contribution >= 4 is 10.0 Å². The van der Waals surface area contributed by atoms with E-state index >= 15 is 0 Å². The molecule has 0 saturated carbocycles. The minimum Gasteiger partial charge on any atom is -0.266 e. The number of benzene rings is 1. The molecule has 2 N–H and O–H groups in total. The van der Waals surface area contributed by atoms with Gasteiger partial charge in [0.2, 0.25) is 0 Å². The van der Waals surface area contributed by atoms with E-state index in [0.29, 0.717) is 6.07 Å². The number of aromatic nitrogens is 2. The summed E-state index contributed by atoms with van der Waals surface area (Å²) < 4.78 is 52.3. The third-order valence-electron chi connectivity index (χ3n) is 2.53. The summed E-state index contributed by atoms with van der Waals surface area (Å²) in [4.78, 5) is 0. The van der Waals surface area contributed by atoms with E-state index in [9.17, 15) is 17.2 Å². The topological polar surface area (TPSA) is 74.8 Å². The third kappa shape index (κ3) is 2.96. The van der Waals surface area contributed by atoms with Crippen LogP contribution in [0, 0.1) is 11.6 Å². The zero-order valence-corrected chi connectivity index (χ0v) is 10.7. The van der Waals surface area contributed by atoms with Gasteiger partial charge in [-0.15, -0.1) is 0 Å². The van der Waals surface area contributed by atoms with Crippen LogP contribution in [-0.4, -0.2) is 18.6 Å². The maximum atomic E-state index is 13.5. The number of rotatable bonds is 4. The van der Waals surface area contributed by atoms with Crippen LogP contribution in [0.2, 0.25) is 0 Å². The highest BCUT2D eigenvalue weighted by molar-refractivity contribution is 7.89. The fourth-order valence-electron chi connectivity index (χ4n) is 1.61. The Kier molecular flexibility index (Phi) is 3.63. The number of H-pyrrole nitrogens is 1. The maximum Gasteiger partial charge on any atom is 0.258 e. The van der Waals surface area contributed by atoms with E-state index in [1.54, 1.807) is 0 Å². The van der Waals surface area contributed by atoms with Crippen LogP contribution >= 0.6 is 0 Å². The summed E-state index contributed by atoms with van der Waals surface area (Å²) in [7, 11) is -3.82. The van der Waals surface area contributed by atoms with E-state index in [2.05, 4.69) is 14.9 Å². The number of hydrogen-bond acceptors (Lipinski definition) is 3. The first-order valence-corrected chi connectivity index (χ1v) is 6.85. The van der Waals surface area contributed by atoms with Crippen molar-refractivity contribution in [3.05, 3.63) is 47.7 Å². The molecule has 0 spiro atoms. The zero-order chi connectivity index (χ0) is 14.0. The summed E-state index contributed by atoms with van der Waals surface area (Å²) in [6.07, 6.45) is 1.29. The standard InChI is InChI=1S/C11H11F2N3O2S/c1-7(9-3-2-8(12)6-10(9)13)16-19(17,18)11-4-5-14-15-11/h2-7,16H,1H3,(H,14,15). The van der Waals surface area contributed by atoms with E-state index in [-0.39, 0.29) is 10.6 Å². The van der Waals surface area contributed by atoms with Crippen LogP contribution in [0.5, 0.6) is 0 Å². The van der Waals surface area contributed by atoms with Gasteiger partial charge in [-0.2, -0.15) is 5.10 Å². The molecule has 0 aliphatic carbocycles. The summed E-state index contributed by atoms with van der Waals surface area (Å²) in [5, 5.41) is 5.71. The van der Waals surface area contributed by atoms with E-state index in [1.165, 1.54) is 25.3 Å². The van der Waals surface area contributed by atoms with Crippen LogP contribution < -0.4 is 4.72 Å². The summed E-state index contributed by atoms with van der Waals surface area (Å²) in [5.74, 6) is -1.52. The number of nitrogens with one attached hydrogen (secondary N) is 2. The van der Waals surface area contributed by atoms with Crippen molar-refractivity contribution in [2.24, 2.45) is 0 Å². The lowest BCUT2D eigenvalue weighted by atomic mass is 10.1. The van der Waals surface area contributed by atoms with Gasteiger partial charge in [-0.1, -0.05) is 6.07 Å². The van der Waals surface area contributed by atoms with Crippen molar-refractivity contribution in [1.29, 1.82) is 0 Å². The molecule has 1 aromatic heterocycles. The molecule has 0 amide bonds. The monoisotopic (exact) mass is 287 g/mol. The summed E-state index contributed by atoms with van der Waals surface area (Å²) in [6.45, 7) is 1.46. The Labute approximate surface area is 108 Å². The second kappa shape index (κ2) is 5.06. The van der Waals surface area contributed by atoms with Gasteiger partial charge in [-0.25, -0.2) is 21.9 Å². The van der Waals surface area contributed by atoms with Crippen LogP contribution in [0.3, 0.4) is 0 Å². The number of sulfonamides is 1. The lowest BCUT2D eigenvalue weighted by molar-refractivity contribution is 0.538. The van der Waals surface area contributed by atoms with Crippen molar-refractivity contribution in [1.82, 2.24) is 14.9 Å². The van der Waals surface area contributed by atoms with Gasteiger partial charge in [0.25, 0.3) is 10.0 Å². The summed E-state index contributed by atoms with van der Waals surface area (Å²) in [6, 6.07) is 3.41. The fourth-order valence-corrected chi connectivity index (χ4v) is 2.74. The Morgan fingerprint density at radius 3 is 2.63 bits per heavy atom. The minimum atomic E-state index is -3.82. The molecule has 2 rings (SSSR count). The van der Waals surface area contributed by atoms with Crippen molar-refractivity contribution < 1.29 is 17.2 Å². The highest BCUT2D eigenvalue weighted by Gasteiger charge is 2.21. The molecular formula is C11H11F2N3O2S. The molecular weight excluding hydrogens is 276 g/mol. The molecule has 0 fully saturated rings. The smallest absolute Gasteiger partial charge is 0.258 e. The van der Waals surface area contributed by atoms with Gasteiger partial charge in [0.1, 0.15) is 11.6 Å². The van der Waals surface area contributed by atoms with Crippen molar-refractivity contribution in [2.75, 3.05) is 0 Å². The first kappa shape index (κ1) is 13.6. The quantitative estimate of drug-likeness (QED) is 0.899. The van der Waals surface area contributed by atoms with Crippen molar-refractivity contribution in [2.45, 2.75) is 18.0 Å². The van der Waals surface area contributed by atoms with Gasteiger partial charge in [-0.05, 0) is 19.1 Å². The SMILES string of the molecule is CC(NS(=O)(=O)c1ccn[nH]1)c1ccc(F)cc1F. The Hall–Kier alpha value is -1.80. The molecule has 8 heteroatoms. The predicted molar refractivity (Wildman–Crippen MR) is 63.7 cm³/mol. The Morgan fingerprint density at radius 2 is 2.05 bits per heavy atom. The average molecular weight is 287 g/mol. The van der Waals surface area contributed by atoms with E-state index in [4.69, 9.17) is 0 Å². The number of hydrogen-bond donors (Lipinski definition) is 2. The Morgan fingerprint density at radius 1 is 1.32 bits per heavy atom. The highest BCUT2D eigenvalue weighted by atomic mass is 32.2. The van der Waals surface area contributed by atoms with E-state index < -0.39 is 27.7 Å². The maximum absolute atomic E-state index is 13.5. The molecule has 0 saturated heterocycles. The zero-order valence-electron chi connectivity index (χ0n) is 9.89. The summed E-state index contributed by atoms with van der Waals surface area (Å²) >= 11 is 0. The lowest BCUT2D eigenvalue weighted by Gasteiger charge is -2.14. The number of halogens is 2. The van der Waals surface area contributed by atoms with E-state index in [0.717, 1.165) is 6.07 Å². The molecule has 1 aromatic carbocycles. The second-order valence-electron chi connectivity index (χ2n) is 3.93. The lowest BCUT2D eigenvalue weighted by Crippen LogP contribution is -2.27. The predicted octanol–water partition coefficient (Wildman–Crippen LogP) is 1.73. The molecule has 102 valence electrons. The largest absolute Gasteiger partial charge is 0.266 e. The summed E-state index contributed by atoms with van der Waals surface area (Å²) in [5.41, 5.74) is 0.0597. The van der Waals surface area contributed by atoms with E-state index in [1.807, 2.05) is 0 Å². The molecule has 19 heavy (non-hydrogen) atoms. The second-order valence-corrected chi connectivity index (χ2v) is 5.61. The van der Waals surface area contributed by atoms with Crippen LogP contribution in [0.1, 0.15) is 18.5 Å². The fraction of sp³-hybridized carbons (Fsp3) is 0.182. The average Bonchev–Trinajstić information content (AvgIpc) is 2.81. The first-order valence-electron chi connectivity index (χ1n) is 5.37. The van der Waals surface area contributed by atoms with Crippen LogP contribution in [0.4, 0.5) is 8.78 Å². The van der Waals surface area contributed by atoms with Crippen molar-refractivity contribution in [3.8, 4) is 0 Å². The molecule has 0 bridgehead atoms. The molecule has 0 aliphatic rings. The molecule has 1 atom stereocenters. The molecule has 1 heterocycles. The Bertz CT molecular complexity index is 671. The van der Waals surface area contributed by atoms with Gasteiger partial charge < -0.3 is 0 Å². The molecule has 5 nitrogen and oxygen atoms in total.